The summed E-state index contributed by atoms with van der Waals surface area (Å²) in [6, 6.07) is 17.7. The smallest absolute Gasteiger partial charge is 0.301 e. The van der Waals surface area contributed by atoms with Crippen LogP contribution in [0.15, 0.2) is 76.6 Å². The molecule has 0 spiro atoms. The molecule has 1 aromatic heterocycles. The standard InChI is InChI=1S/C28H20Cl3N3O4S2/c1-2-38-20-11-6-16(7-12-20)24(35)22-23(15-3-8-18(29)9-4-15)34(26(37)25(22)36)27-32-33-28(40-27)39-14-17-5-10-19(30)13-21(17)31/h3-13,23,35H,2,14H2,1H3/b24-22-. The van der Waals surface area contributed by atoms with E-state index in [2.05, 4.69) is 10.2 Å². The number of hydrogen-bond acceptors (Lipinski definition) is 8. The quantitative estimate of drug-likeness (QED) is 0.0696. The molecule has 204 valence electrons. The lowest BCUT2D eigenvalue weighted by molar-refractivity contribution is -0.132. The minimum Gasteiger partial charge on any atom is -0.507 e. The Morgan fingerprint density at radius 1 is 1.00 bits per heavy atom. The Morgan fingerprint density at radius 2 is 1.70 bits per heavy atom. The largest absolute Gasteiger partial charge is 0.507 e. The van der Waals surface area contributed by atoms with Gasteiger partial charge in [-0.15, -0.1) is 10.2 Å². The summed E-state index contributed by atoms with van der Waals surface area (Å²) in [5.74, 6) is -0.834. The molecule has 0 bridgehead atoms. The summed E-state index contributed by atoms with van der Waals surface area (Å²) >= 11 is 20.9. The van der Waals surface area contributed by atoms with E-state index in [0.29, 0.717) is 48.6 Å². The first kappa shape index (κ1) is 28.4. The van der Waals surface area contributed by atoms with Gasteiger partial charge < -0.3 is 9.84 Å². The molecule has 7 nitrogen and oxygen atoms in total. The van der Waals surface area contributed by atoms with Gasteiger partial charge in [0, 0.05) is 26.4 Å². The lowest BCUT2D eigenvalue weighted by atomic mass is 9.95. The van der Waals surface area contributed by atoms with Gasteiger partial charge in [0.25, 0.3) is 5.78 Å². The van der Waals surface area contributed by atoms with Gasteiger partial charge in [0.15, 0.2) is 4.34 Å². The second kappa shape index (κ2) is 12.2. The number of aliphatic hydroxyl groups excluding tert-OH is 1. The zero-order chi connectivity index (χ0) is 28.4. The fraction of sp³-hybridized carbons (Fsp3) is 0.143. The van der Waals surface area contributed by atoms with E-state index in [1.54, 1.807) is 60.7 Å². The Morgan fingerprint density at radius 3 is 2.38 bits per heavy atom. The maximum Gasteiger partial charge on any atom is 0.301 e. The predicted molar refractivity (Wildman–Crippen MR) is 160 cm³/mol. The van der Waals surface area contributed by atoms with Gasteiger partial charge in [-0.05, 0) is 66.6 Å². The molecule has 1 amide bonds. The van der Waals surface area contributed by atoms with Crippen molar-refractivity contribution in [1.29, 1.82) is 0 Å². The molecule has 1 aliphatic heterocycles. The summed E-state index contributed by atoms with van der Waals surface area (Å²) in [6.07, 6.45) is 0. The topological polar surface area (TPSA) is 92.6 Å². The van der Waals surface area contributed by atoms with Crippen LogP contribution < -0.4 is 9.64 Å². The highest BCUT2D eigenvalue weighted by Crippen LogP contribution is 2.44. The number of Topliss-reactive ketones (excluding diaryl/α,β-unsaturated/α-hetero) is 1. The summed E-state index contributed by atoms with van der Waals surface area (Å²) in [6.45, 7) is 2.35. The summed E-state index contributed by atoms with van der Waals surface area (Å²) in [5, 5.41) is 21.5. The van der Waals surface area contributed by atoms with Gasteiger partial charge in [0.05, 0.1) is 18.2 Å². The molecule has 5 rings (SSSR count). The highest BCUT2D eigenvalue weighted by Gasteiger charge is 2.48. The minimum atomic E-state index is -0.944. The highest BCUT2D eigenvalue weighted by molar-refractivity contribution is 8.00. The monoisotopic (exact) mass is 631 g/mol. The van der Waals surface area contributed by atoms with Gasteiger partial charge in [0.1, 0.15) is 11.5 Å². The normalized spacial score (nSPS) is 16.5. The second-order valence-electron chi connectivity index (χ2n) is 8.55. The molecule has 2 heterocycles. The van der Waals surface area contributed by atoms with E-state index in [4.69, 9.17) is 39.5 Å². The van der Waals surface area contributed by atoms with Crippen molar-refractivity contribution in [2.45, 2.75) is 23.1 Å². The molecule has 1 atom stereocenters. The van der Waals surface area contributed by atoms with Crippen LogP contribution in [0.4, 0.5) is 5.13 Å². The van der Waals surface area contributed by atoms with Crippen molar-refractivity contribution in [3.8, 4) is 5.75 Å². The van der Waals surface area contributed by atoms with Gasteiger partial charge in [-0.3, -0.25) is 14.5 Å². The summed E-state index contributed by atoms with van der Waals surface area (Å²) in [4.78, 5) is 28.0. The molecule has 1 unspecified atom stereocenters. The Hall–Kier alpha value is -3.08. The molecular weight excluding hydrogens is 613 g/mol. The molecule has 1 N–H and O–H groups in total. The molecule has 1 saturated heterocycles. The lowest BCUT2D eigenvalue weighted by Crippen LogP contribution is -2.29. The Bertz CT molecular complexity index is 1610. The van der Waals surface area contributed by atoms with Crippen LogP contribution in [-0.2, 0) is 15.3 Å². The van der Waals surface area contributed by atoms with Crippen LogP contribution in [0.5, 0.6) is 5.75 Å². The van der Waals surface area contributed by atoms with Crippen molar-refractivity contribution in [3.63, 3.8) is 0 Å². The minimum absolute atomic E-state index is 0.0613. The molecule has 0 radical (unpaired) electrons. The van der Waals surface area contributed by atoms with Crippen molar-refractivity contribution < 1.29 is 19.4 Å². The van der Waals surface area contributed by atoms with E-state index in [9.17, 15) is 14.7 Å². The Labute approximate surface area is 253 Å². The number of thioether (sulfide) groups is 1. The van der Waals surface area contributed by atoms with Crippen LogP contribution in [0.2, 0.25) is 15.1 Å². The molecule has 4 aromatic rings. The average molecular weight is 633 g/mol. The Balaban J connectivity index is 1.51. The molecule has 1 aliphatic rings. The number of aromatic nitrogens is 2. The fourth-order valence-electron chi connectivity index (χ4n) is 4.16. The first-order valence-electron chi connectivity index (χ1n) is 12.0. The molecular formula is C28H20Cl3N3O4S2. The number of hydrogen-bond donors (Lipinski definition) is 1. The number of aliphatic hydroxyl groups is 1. The van der Waals surface area contributed by atoms with E-state index in [1.165, 1.54) is 16.7 Å². The Kier molecular flexibility index (Phi) is 8.68. The maximum atomic E-state index is 13.4. The number of nitrogens with zero attached hydrogens (tertiary/aromatic N) is 3. The molecule has 1 fully saturated rings. The number of rotatable bonds is 8. The molecule has 12 heteroatoms. The number of carbonyl (C=O) groups is 2. The van der Waals surface area contributed by atoms with Gasteiger partial charge in [0.2, 0.25) is 5.13 Å². The van der Waals surface area contributed by atoms with E-state index >= 15 is 0 Å². The summed E-state index contributed by atoms with van der Waals surface area (Å²) in [7, 11) is 0. The molecule has 40 heavy (non-hydrogen) atoms. The molecule has 3 aromatic carbocycles. The van der Waals surface area contributed by atoms with Gasteiger partial charge in [-0.1, -0.05) is 76.1 Å². The van der Waals surface area contributed by atoms with Crippen molar-refractivity contribution in [1.82, 2.24) is 10.2 Å². The number of amides is 1. The third-order valence-electron chi connectivity index (χ3n) is 6.04. The fourth-order valence-corrected chi connectivity index (χ4v) is 6.71. The molecule has 0 saturated carbocycles. The van der Waals surface area contributed by atoms with E-state index in [0.717, 1.165) is 16.9 Å². The van der Waals surface area contributed by atoms with Crippen molar-refractivity contribution in [2.24, 2.45) is 0 Å². The number of anilines is 1. The van der Waals surface area contributed by atoms with Crippen molar-refractivity contribution >= 4 is 80.5 Å². The number of halogens is 3. The average Bonchev–Trinajstić information content (AvgIpc) is 3.51. The lowest BCUT2D eigenvalue weighted by Gasteiger charge is -2.22. The first-order chi connectivity index (χ1) is 19.3. The molecule has 0 aliphatic carbocycles. The SMILES string of the molecule is CCOc1ccc(/C(O)=C2/C(=O)C(=O)N(c3nnc(SCc4ccc(Cl)cc4Cl)s3)C2c2ccc(Cl)cc2)cc1. The van der Waals surface area contributed by atoms with Crippen molar-refractivity contribution in [3.05, 3.63) is 104 Å². The summed E-state index contributed by atoms with van der Waals surface area (Å²) < 4.78 is 6.05. The van der Waals surface area contributed by atoms with Crippen molar-refractivity contribution in [2.75, 3.05) is 11.5 Å². The second-order valence-corrected chi connectivity index (χ2v) is 12.0. The van der Waals surface area contributed by atoms with E-state index in [1.807, 2.05) is 13.0 Å². The van der Waals surface area contributed by atoms with Gasteiger partial charge in [-0.2, -0.15) is 0 Å². The zero-order valence-corrected chi connectivity index (χ0v) is 24.7. The van der Waals surface area contributed by atoms with Gasteiger partial charge >= 0.3 is 5.91 Å². The van der Waals surface area contributed by atoms with Crippen LogP contribution in [0.25, 0.3) is 5.76 Å². The number of carbonyl (C=O) groups excluding carboxylic acids is 2. The van der Waals surface area contributed by atoms with Crippen LogP contribution in [0.3, 0.4) is 0 Å². The first-order valence-corrected chi connectivity index (χ1v) is 14.9. The van der Waals surface area contributed by atoms with Crippen LogP contribution in [-0.4, -0.2) is 33.6 Å². The van der Waals surface area contributed by atoms with Gasteiger partial charge in [-0.25, -0.2) is 0 Å². The summed E-state index contributed by atoms with van der Waals surface area (Å²) in [5.41, 5.74) is 1.75. The van der Waals surface area contributed by atoms with Crippen LogP contribution in [0, 0.1) is 0 Å². The number of benzene rings is 3. The van der Waals surface area contributed by atoms with E-state index in [-0.39, 0.29) is 16.5 Å². The predicted octanol–water partition coefficient (Wildman–Crippen LogP) is 7.82. The zero-order valence-electron chi connectivity index (χ0n) is 20.8. The highest BCUT2D eigenvalue weighted by atomic mass is 35.5. The number of ether oxygens (including phenoxy) is 1. The van der Waals surface area contributed by atoms with Crippen LogP contribution >= 0.6 is 57.9 Å². The maximum absolute atomic E-state index is 13.4. The number of ketones is 1. The van der Waals surface area contributed by atoms with E-state index < -0.39 is 17.7 Å². The third kappa shape index (κ3) is 5.84. The van der Waals surface area contributed by atoms with Crippen LogP contribution in [0.1, 0.15) is 29.7 Å². The third-order valence-corrected chi connectivity index (χ3v) is 8.98.